The van der Waals surface area contributed by atoms with Crippen molar-refractivity contribution in [2.45, 2.75) is 12.8 Å². The summed E-state index contributed by atoms with van der Waals surface area (Å²) in [6, 6.07) is 12.6. The van der Waals surface area contributed by atoms with Gasteiger partial charge in [-0.25, -0.2) is 0 Å². The van der Waals surface area contributed by atoms with E-state index in [1.807, 2.05) is 22.9 Å². The van der Waals surface area contributed by atoms with Crippen LogP contribution in [0.25, 0.3) is 6.08 Å². The maximum atomic E-state index is 2.24. The number of hydrogen-bond acceptors (Lipinski definition) is 1. The molecule has 0 fully saturated rings. The van der Waals surface area contributed by atoms with Crippen molar-refractivity contribution in [1.29, 1.82) is 0 Å². The minimum Gasteiger partial charge on any atom is -0.152 e. The van der Waals surface area contributed by atoms with Crippen molar-refractivity contribution < 1.29 is 0 Å². The van der Waals surface area contributed by atoms with Crippen LogP contribution in [0.4, 0.5) is 0 Å². The lowest BCUT2D eigenvalue weighted by atomic mass is 9.98. The highest BCUT2D eigenvalue weighted by atomic mass is 32.1. The molecular weight excluding hydrogens is 200 g/mol. The van der Waals surface area contributed by atoms with E-state index in [1.54, 1.807) is 11.3 Å². The first-order valence-electron chi connectivity index (χ1n) is 5.18. The van der Waals surface area contributed by atoms with E-state index in [0.29, 0.717) is 0 Å². The molecule has 76 valence electrons. The van der Waals surface area contributed by atoms with E-state index >= 15 is 0 Å². The molecule has 1 heterocycles. The van der Waals surface area contributed by atoms with Gasteiger partial charge in [-0.05, 0) is 34.7 Å². The number of fused-ring (bicyclic) bond motifs is 1. The fraction of sp³-hybridized carbons (Fsp3) is 0.143. The van der Waals surface area contributed by atoms with Crippen LogP contribution in [0, 0.1) is 0 Å². The largest absolute Gasteiger partial charge is 0.152 e. The first-order valence-corrected chi connectivity index (χ1v) is 6.13. The molecule has 0 radical (unpaired) electrons. The summed E-state index contributed by atoms with van der Waals surface area (Å²) in [5, 5.41) is 4.08. The molecule has 0 saturated heterocycles. The molecule has 0 nitrogen and oxygen atoms in total. The van der Waals surface area contributed by atoms with Crippen LogP contribution >= 0.6 is 11.3 Å². The summed E-state index contributed by atoms with van der Waals surface area (Å²) < 4.78 is 0. The molecule has 0 bridgehead atoms. The Hall–Kier alpha value is -1.34. The van der Waals surface area contributed by atoms with Gasteiger partial charge < -0.3 is 0 Å². The summed E-state index contributed by atoms with van der Waals surface area (Å²) >= 11 is 1.71. The summed E-state index contributed by atoms with van der Waals surface area (Å²) in [5.41, 5.74) is 2.89. The second kappa shape index (κ2) is 5.52. The number of allylic oxidation sites excluding steroid dienone is 1. The average Bonchev–Trinajstić information content (AvgIpc) is 2.88. The van der Waals surface area contributed by atoms with E-state index in [4.69, 9.17) is 0 Å². The van der Waals surface area contributed by atoms with Gasteiger partial charge in [-0.1, -0.05) is 48.6 Å². The van der Waals surface area contributed by atoms with Gasteiger partial charge in [-0.15, -0.1) is 0 Å². The molecule has 0 saturated carbocycles. The zero-order valence-corrected chi connectivity index (χ0v) is 9.41. The Kier molecular flexibility index (Phi) is 3.75. The molecule has 15 heavy (non-hydrogen) atoms. The molecule has 1 aliphatic carbocycles. The number of hydrogen-bond donors (Lipinski definition) is 0. The Balaban J connectivity index is 0.000000144. The highest BCUT2D eigenvalue weighted by molar-refractivity contribution is 7.07. The van der Waals surface area contributed by atoms with Crippen LogP contribution < -0.4 is 0 Å². The van der Waals surface area contributed by atoms with Gasteiger partial charge in [0, 0.05) is 0 Å². The Morgan fingerprint density at radius 3 is 2.40 bits per heavy atom. The van der Waals surface area contributed by atoms with Crippen LogP contribution in [0.15, 0.2) is 53.2 Å². The van der Waals surface area contributed by atoms with Crippen molar-refractivity contribution in [3.05, 3.63) is 64.4 Å². The molecule has 0 spiro atoms. The lowest BCUT2D eigenvalue weighted by Gasteiger charge is -2.07. The monoisotopic (exact) mass is 214 g/mol. The molecule has 3 rings (SSSR count). The fourth-order valence-electron chi connectivity index (χ4n) is 1.60. The quantitative estimate of drug-likeness (QED) is 0.610. The van der Waals surface area contributed by atoms with E-state index < -0.39 is 0 Å². The Bertz CT molecular complexity index is 395. The van der Waals surface area contributed by atoms with Crippen LogP contribution in [0.5, 0.6) is 0 Å². The van der Waals surface area contributed by atoms with Crippen molar-refractivity contribution in [1.82, 2.24) is 0 Å². The summed E-state index contributed by atoms with van der Waals surface area (Å²) in [6.07, 6.45) is 6.87. The molecule has 1 aromatic heterocycles. The molecule has 0 atom stereocenters. The van der Waals surface area contributed by atoms with Gasteiger partial charge in [-0.2, -0.15) is 11.3 Å². The fourth-order valence-corrected chi connectivity index (χ4v) is 2.05. The van der Waals surface area contributed by atoms with E-state index in [2.05, 4.69) is 36.4 Å². The van der Waals surface area contributed by atoms with Crippen LogP contribution in [-0.4, -0.2) is 0 Å². The molecule has 0 aliphatic heterocycles. The molecule has 1 heteroatoms. The third-order valence-electron chi connectivity index (χ3n) is 2.36. The normalized spacial score (nSPS) is 12.5. The summed E-state index contributed by atoms with van der Waals surface area (Å²) in [6.45, 7) is 0. The SMILES string of the molecule is C1=Cc2ccccc2CC1.c1ccsc1. The zero-order chi connectivity index (χ0) is 10.3. The summed E-state index contributed by atoms with van der Waals surface area (Å²) in [7, 11) is 0. The van der Waals surface area contributed by atoms with E-state index in [0.717, 1.165) is 0 Å². The predicted molar refractivity (Wildman–Crippen MR) is 68.1 cm³/mol. The standard InChI is InChI=1S/C10H10.C4H4S/c1-2-6-10-8-4-3-7-9(10)5-1;1-2-4-5-3-1/h1-3,5-7H,4,8H2;1-4H. The van der Waals surface area contributed by atoms with Gasteiger partial charge in [0.1, 0.15) is 0 Å². The Morgan fingerprint density at radius 1 is 0.933 bits per heavy atom. The van der Waals surface area contributed by atoms with Crippen LogP contribution in [0.1, 0.15) is 17.5 Å². The molecule has 0 unspecified atom stereocenters. The molecule has 1 aromatic carbocycles. The molecule has 2 aromatic rings. The van der Waals surface area contributed by atoms with Crippen molar-refractivity contribution >= 4 is 17.4 Å². The highest BCUT2D eigenvalue weighted by Crippen LogP contribution is 2.17. The van der Waals surface area contributed by atoms with Crippen molar-refractivity contribution in [2.24, 2.45) is 0 Å². The van der Waals surface area contributed by atoms with Gasteiger partial charge in [-0.3, -0.25) is 0 Å². The molecule has 1 aliphatic rings. The lowest BCUT2D eigenvalue weighted by Crippen LogP contribution is -1.91. The first-order chi connectivity index (χ1) is 7.47. The van der Waals surface area contributed by atoms with E-state index in [9.17, 15) is 0 Å². The summed E-state index contributed by atoms with van der Waals surface area (Å²) in [5.74, 6) is 0. The Labute approximate surface area is 94.9 Å². The van der Waals surface area contributed by atoms with Crippen LogP contribution in [0.3, 0.4) is 0 Å². The summed E-state index contributed by atoms with van der Waals surface area (Å²) in [4.78, 5) is 0. The van der Waals surface area contributed by atoms with Gasteiger partial charge in [0.05, 0.1) is 0 Å². The second-order valence-corrected chi connectivity index (χ2v) is 4.25. The second-order valence-electron chi connectivity index (χ2n) is 3.43. The molecule has 0 amide bonds. The minimum absolute atomic E-state index is 1.21. The predicted octanol–water partition coefficient (Wildman–Crippen LogP) is 4.39. The maximum absolute atomic E-state index is 2.24. The molecule has 0 N–H and O–H groups in total. The van der Waals surface area contributed by atoms with Crippen molar-refractivity contribution in [3.63, 3.8) is 0 Å². The van der Waals surface area contributed by atoms with E-state index in [-0.39, 0.29) is 0 Å². The van der Waals surface area contributed by atoms with Crippen LogP contribution in [-0.2, 0) is 6.42 Å². The average molecular weight is 214 g/mol. The van der Waals surface area contributed by atoms with Gasteiger partial charge in [0.25, 0.3) is 0 Å². The third-order valence-corrected chi connectivity index (χ3v) is 2.99. The number of aryl methyl sites for hydroxylation is 1. The maximum Gasteiger partial charge on any atom is -0.00934 e. The van der Waals surface area contributed by atoms with Gasteiger partial charge >= 0.3 is 0 Å². The highest BCUT2D eigenvalue weighted by Gasteiger charge is 2.00. The van der Waals surface area contributed by atoms with E-state index in [1.165, 1.54) is 24.0 Å². The zero-order valence-electron chi connectivity index (χ0n) is 8.60. The third kappa shape index (κ3) is 3.07. The van der Waals surface area contributed by atoms with Crippen molar-refractivity contribution in [3.8, 4) is 0 Å². The minimum atomic E-state index is 1.21. The first kappa shape index (κ1) is 10.2. The number of rotatable bonds is 0. The van der Waals surface area contributed by atoms with Crippen molar-refractivity contribution in [2.75, 3.05) is 0 Å². The smallest absolute Gasteiger partial charge is 0.00934 e. The topological polar surface area (TPSA) is 0 Å². The molecular formula is C14H14S. The number of benzene rings is 1. The van der Waals surface area contributed by atoms with Gasteiger partial charge in [0.15, 0.2) is 0 Å². The lowest BCUT2D eigenvalue weighted by molar-refractivity contribution is 0.986. The van der Waals surface area contributed by atoms with Crippen LogP contribution in [0.2, 0.25) is 0 Å². The number of thiophene rings is 1. The van der Waals surface area contributed by atoms with Gasteiger partial charge in [0.2, 0.25) is 0 Å². The Morgan fingerprint density at radius 2 is 1.73 bits per heavy atom.